The zero-order valence-electron chi connectivity index (χ0n) is 14.5. The van der Waals surface area contributed by atoms with Gasteiger partial charge >= 0.3 is 0 Å². The Labute approximate surface area is 137 Å². The molecular formula is C19H34N2O. The van der Waals surface area contributed by atoms with Crippen LogP contribution < -0.4 is 5.32 Å². The van der Waals surface area contributed by atoms with Crippen molar-refractivity contribution in [3.8, 4) is 12.3 Å². The lowest BCUT2D eigenvalue weighted by molar-refractivity contribution is -0.117. The molecule has 1 saturated carbocycles. The molecule has 3 heteroatoms. The Bertz CT molecular complexity index is 342. The molecule has 1 N–H and O–H groups in total. The van der Waals surface area contributed by atoms with Crippen molar-refractivity contribution in [3.05, 3.63) is 0 Å². The van der Waals surface area contributed by atoms with Gasteiger partial charge in [-0.25, -0.2) is 0 Å². The van der Waals surface area contributed by atoms with Gasteiger partial charge in [0, 0.05) is 25.2 Å². The van der Waals surface area contributed by atoms with Gasteiger partial charge in [0.1, 0.15) is 12.3 Å². The quantitative estimate of drug-likeness (QED) is 0.804. The van der Waals surface area contributed by atoms with Gasteiger partial charge in [-0.3, -0.25) is 4.90 Å². The number of piperazine rings is 1. The molecule has 0 radical (unpaired) electrons. The summed E-state index contributed by atoms with van der Waals surface area (Å²) in [6.07, 6.45) is 17.6. The molecule has 126 valence electrons. The Morgan fingerprint density at radius 3 is 2.41 bits per heavy atom. The molecule has 2 rings (SSSR count). The first-order chi connectivity index (χ1) is 10.7. The van der Waals surface area contributed by atoms with Gasteiger partial charge in [0.05, 0.1) is 0 Å². The van der Waals surface area contributed by atoms with Crippen molar-refractivity contribution >= 4 is 0 Å². The van der Waals surface area contributed by atoms with Crippen LogP contribution in [0.2, 0.25) is 0 Å². The van der Waals surface area contributed by atoms with Crippen molar-refractivity contribution in [2.45, 2.75) is 96.1 Å². The number of terminal acetylenes is 1. The molecular weight excluding hydrogens is 272 g/mol. The Morgan fingerprint density at radius 2 is 1.82 bits per heavy atom. The molecule has 2 unspecified atom stereocenters. The van der Waals surface area contributed by atoms with Crippen LogP contribution >= 0.6 is 0 Å². The highest BCUT2D eigenvalue weighted by Gasteiger charge is 2.32. The van der Waals surface area contributed by atoms with E-state index >= 15 is 0 Å². The molecule has 0 aromatic carbocycles. The van der Waals surface area contributed by atoms with Crippen LogP contribution in [-0.2, 0) is 4.74 Å². The minimum atomic E-state index is -0.0564. The molecule has 3 atom stereocenters. The zero-order chi connectivity index (χ0) is 15.8. The molecule has 0 aromatic heterocycles. The second-order valence-corrected chi connectivity index (χ2v) is 7.01. The number of nitrogens with one attached hydrogen (secondary N) is 1. The normalized spacial score (nSPS) is 30.8. The van der Waals surface area contributed by atoms with E-state index in [-0.39, 0.29) is 12.3 Å². The van der Waals surface area contributed by atoms with E-state index in [1.807, 2.05) is 0 Å². The third kappa shape index (κ3) is 5.26. The lowest BCUT2D eigenvalue weighted by Gasteiger charge is -2.44. The molecule has 0 amide bonds. The van der Waals surface area contributed by atoms with Gasteiger partial charge in [-0.05, 0) is 26.2 Å². The molecule has 1 heterocycles. The van der Waals surface area contributed by atoms with Crippen LogP contribution in [0.3, 0.4) is 0 Å². The van der Waals surface area contributed by atoms with Crippen LogP contribution in [0.15, 0.2) is 0 Å². The number of ether oxygens (including phenoxy) is 1. The van der Waals surface area contributed by atoms with E-state index in [1.165, 1.54) is 51.4 Å². The summed E-state index contributed by atoms with van der Waals surface area (Å²) >= 11 is 0. The molecule has 0 spiro atoms. The Hall–Kier alpha value is -0.560. The van der Waals surface area contributed by atoms with Crippen molar-refractivity contribution < 1.29 is 4.74 Å². The Kier molecular flexibility index (Phi) is 7.72. The third-order valence-electron chi connectivity index (χ3n) is 5.17. The van der Waals surface area contributed by atoms with E-state index in [2.05, 4.69) is 30.0 Å². The number of hydrogen-bond acceptors (Lipinski definition) is 3. The zero-order valence-corrected chi connectivity index (χ0v) is 14.5. The van der Waals surface area contributed by atoms with E-state index in [1.54, 1.807) is 0 Å². The summed E-state index contributed by atoms with van der Waals surface area (Å²) < 4.78 is 6.23. The van der Waals surface area contributed by atoms with Crippen molar-refractivity contribution in [3.63, 3.8) is 0 Å². The van der Waals surface area contributed by atoms with E-state index in [0.717, 1.165) is 19.5 Å². The summed E-state index contributed by atoms with van der Waals surface area (Å²) in [4.78, 5) is 2.62. The second kappa shape index (κ2) is 9.55. The lowest BCUT2D eigenvalue weighted by Crippen LogP contribution is -2.60. The van der Waals surface area contributed by atoms with Gasteiger partial charge in [-0.1, -0.05) is 51.4 Å². The summed E-state index contributed by atoms with van der Waals surface area (Å²) in [5, 5.41) is 3.56. The maximum atomic E-state index is 6.23. The Morgan fingerprint density at radius 1 is 1.18 bits per heavy atom. The monoisotopic (exact) mass is 306 g/mol. The summed E-state index contributed by atoms with van der Waals surface area (Å²) in [6, 6.07) is 1.21. The van der Waals surface area contributed by atoms with Crippen LogP contribution in [-0.4, -0.2) is 42.4 Å². The van der Waals surface area contributed by atoms with Crippen molar-refractivity contribution in [2.75, 3.05) is 13.1 Å². The first kappa shape index (κ1) is 17.8. The van der Waals surface area contributed by atoms with E-state index in [4.69, 9.17) is 11.2 Å². The van der Waals surface area contributed by atoms with E-state index in [9.17, 15) is 0 Å². The standard InChI is InChI=1S/C19H34N2O/c1-4-18(5-2)22-19-14-20-16(3)15-21(19)17-12-10-8-6-7-9-11-13-17/h1,16-20H,5-15H2,2-3H3/t16?,18-,19?/m1/s1. The molecule has 1 aliphatic carbocycles. The first-order valence-corrected chi connectivity index (χ1v) is 9.35. The van der Waals surface area contributed by atoms with Gasteiger partial charge in [0.2, 0.25) is 0 Å². The molecule has 0 bridgehead atoms. The van der Waals surface area contributed by atoms with Crippen LogP contribution in [0, 0.1) is 12.3 Å². The average Bonchev–Trinajstić information content (AvgIpc) is 2.67. The number of hydrogen-bond donors (Lipinski definition) is 1. The summed E-state index contributed by atoms with van der Waals surface area (Å²) in [6.45, 7) is 6.36. The number of nitrogens with zero attached hydrogens (tertiary/aromatic N) is 1. The highest BCUT2D eigenvalue weighted by Crippen LogP contribution is 2.25. The summed E-state index contributed by atoms with van der Waals surface area (Å²) in [7, 11) is 0. The first-order valence-electron chi connectivity index (χ1n) is 9.35. The van der Waals surface area contributed by atoms with Crippen LogP contribution in [0.5, 0.6) is 0 Å². The highest BCUT2D eigenvalue weighted by molar-refractivity contribution is 4.95. The van der Waals surface area contributed by atoms with E-state index < -0.39 is 0 Å². The maximum Gasteiger partial charge on any atom is 0.125 e. The van der Waals surface area contributed by atoms with Crippen LogP contribution in [0.4, 0.5) is 0 Å². The minimum absolute atomic E-state index is 0.0564. The van der Waals surface area contributed by atoms with Crippen LogP contribution in [0.1, 0.15) is 71.6 Å². The predicted octanol–water partition coefficient (Wildman–Crippen LogP) is 3.54. The maximum absolute atomic E-state index is 6.23. The van der Waals surface area contributed by atoms with Crippen molar-refractivity contribution in [1.82, 2.24) is 10.2 Å². The fraction of sp³-hybridized carbons (Fsp3) is 0.895. The molecule has 22 heavy (non-hydrogen) atoms. The molecule has 2 fully saturated rings. The molecule has 1 aliphatic heterocycles. The van der Waals surface area contributed by atoms with Crippen LogP contribution in [0.25, 0.3) is 0 Å². The average molecular weight is 306 g/mol. The third-order valence-corrected chi connectivity index (χ3v) is 5.17. The van der Waals surface area contributed by atoms with Gasteiger partial charge < -0.3 is 10.1 Å². The van der Waals surface area contributed by atoms with Gasteiger partial charge in [0.25, 0.3) is 0 Å². The van der Waals surface area contributed by atoms with Gasteiger partial charge in [0.15, 0.2) is 0 Å². The topological polar surface area (TPSA) is 24.5 Å². The molecule has 0 aromatic rings. The smallest absolute Gasteiger partial charge is 0.125 e. The fourth-order valence-corrected chi connectivity index (χ4v) is 3.81. The van der Waals surface area contributed by atoms with Gasteiger partial charge in [-0.15, -0.1) is 6.42 Å². The number of rotatable bonds is 4. The minimum Gasteiger partial charge on any atom is -0.346 e. The van der Waals surface area contributed by atoms with Crippen molar-refractivity contribution in [1.29, 1.82) is 0 Å². The summed E-state index contributed by atoms with van der Waals surface area (Å²) in [5.41, 5.74) is 0. The Balaban J connectivity index is 2.01. The highest BCUT2D eigenvalue weighted by atomic mass is 16.5. The largest absolute Gasteiger partial charge is 0.346 e. The second-order valence-electron chi connectivity index (χ2n) is 7.01. The van der Waals surface area contributed by atoms with Crippen molar-refractivity contribution in [2.24, 2.45) is 0 Å². The van der Waals surface area contributed by atoms with Gasteiger partial charge in [-0.2, -0.15) is 0 Å². The summed E-state index contributed by atoms with van der Waals surface area (Å²) in [5.74, 6) is 2.79. The fourth-order valence-electron chi connectivity index (χ4n) is 3.81. The molecule has 1 saturated heterocycles. The molecule has 2 aliphatic rings. The lowest BCUT2D eigenvalue weighted by atomic mass is 10.0. The van der Waals surface area contributed by atoms with E-state index in [0.29, 0.717) is 12.1 Å². The molecule has 3 nitrogen and oxygen atoms in total. The predicted molar refractivity (Wildman–Crippen MR) is 92.7 cm³/mol. The SMILES string of the molecule is C#C[C@H](CC)OC1CNC(C)CN1C1CCCCCCCC1.